The van der Waals surface area contributed by atoms with E-state index in [1.54, 1.807) is 6.20 Å². The Balaban J connectivity index is 1.45. The van der Waals surface area contributed by atoms with Crippen LogP contribution in [0.25, 0.3) is 0 Å². The fourth-order valence-corrected chi connectivity index (χ4v) is 4.38. The van der Waals surface area contributed by atoms with Crippen molar-refractivity contribution in [2.45, 2.75) is 25.3 Å². The summed E-state index contributed by atoms with van der Waals surface area (Å²) in [6, 6.07) is 4.36. The van der Waals surface area contributed by atoms with Crippen LogP contribution in [0.1, 0.15) is 29.8 Å². The van der Waals surface area contributed by atoms with Gasteiger partial charge in [-0.15, -0.1) is 0 Å². The Morgan fingerprint density at radius 1 is 1.17 bits per heavy atom. The highest BCUT2D eigenvalue weighted by atomic mass is 16.5. The van der Waals surface area contributed by atoms with Crippen LogP contribution >= 0.6 is 0 Å². The maximum absolute atomic E-state index is 12.7. The lowest BCUT2D eigenvalue weighted by Crippen LogP contribution is -2.45. The van der Waals surface area contributed by atoms with E-state index >= 15 is 0 Å². The Morgan fingerprint density at radius 2 is 2.04 bits per heavy atom. The van der Waals surface area contributed by atoms with Crippen LogP contribution in [0, 0.1) is 5.41 Å². The summed E-state index contributed by atoms with van der Waals surface area (Å²) in [4.78, 5) is 20.4. The summed E-state index contributed by atoms with van der Waals surface area (Å²) in [5.74, 6) is 0.0920. The van der Waals surface area contributed by atoms with Gasteiger partial charge < -0.3 is 19.4 Å². The molecule has 1 atom stereocenters. The van der Waals surface area contributed by atoms with Gasteiger partial charge in [-0.1, -0.05) is 0 Å². The van der Waals surface area contributed by atoms with Crippen molar-refractivity contribution in [3.05, 3.63) is 24.0 Å². The molecule has 1 aromatic rings. The van der Waals surface area contributed by atoms with Crippen LogP contribution in [0.3, 0.4) is 0 Å². The first kappa shape index (κ1) is 16.1. The van der Waals surface area contributed by atoms with Crippen molar-refractivity contribution >= 4 is 5.91 Å². The molecule has 6 heteroatoms. The number of rotatable bonds is 2. The van der Waals surface area contributed by atoms with Crippen LogP contribution in [0.15, 0.2) is 18.3 Å². The number of aromatic amines is 1. The molecule has 3 saturated heterocycles. The summed E-state index contributed by atoms with van der Waals surface area (Å²) < 4.78 is 11.4. The molecule has 6 nitrogen and oxygen atoms in total. The number of likely N-dealkylation sites (tertiary alicyclic amines) is 1. The lowest BCUT2D eigenvalue weighted by atomic mass is 9.87. The van der Waals surface area contributed by atoms with Gasteiger partial charge in [0.1, 0.15) is 5.69 Å². The third-order valence-electron chi connectivity index (χ3n) is 5.73. The number of amides is 1. The van der Waals surface area contributed by atoms with E-state index in [2.05, 4.69) is 9.88 Å². The molecule has 1 N–H and O–H groups in total. The number of carbonyl (C=O) groups excluding carboxylic acids is 1. The quantitative estimate of drug-likeness (QED) is 0.888. The third-order valence-corrected chi connectivity index (χ3v) is 5.73. The molecule has 0 saturated carbocycles. The minimum Gasteiger partial charge on any atom is -0.381 e. The average molecular weight is 333 g/mol. The largest absolute Gasteiger partial charge is 0.381 e. The Labute approximate surface area is 143 Å². The molecule has 0 radical (unpaired) electrons. The Hall–Kier alpha value is -1.37. The molecule has 4 heterocycles. The van der Waals surface area contributed by atoms with Crippen LogP contribution in [0.4, 0.5) is 0 Å². The molecule has 0 aromatic carbocycles. The van der Waals surface area contributed by atoms with E-state index in [0.717, 1.165) is 58.7 Å². The predicted molar refractivity (Wildman–Crippen MR) is 90.0 cm³/mol. The van der Waals surface area contributed by atoms with Gasteiger partial charge in [0, 0.05) is 50.5 Å². The van der Waals surface area contributed by atoms with Crippen LogP contribution in [0.5, 0.6) is 0 Å². The predicted octanol–water partition coefficient (Wildman–Crippen LogP) is 1.36. The maximum atomic E-state index is 12.7. The zero-order valence-corrected chi connectivity index (χ0v) is 14.2. The number of hydrogen-bond donors (Lipinski definition) is 1. The molecule has 1 amide bonds. The van der Waals surface area contributed by atoms with Gasteiger partial charge in [0.15, 0.2) is 0 Å². The molecule has 4 rings (SSSR count). The van der Waals surface area contributed by atoms with E-state index in [1.165, 1.54) is 0 Å². The first-order chi connectivity index (χ1) is 11.8. The summed E-state index contributed by atoms with van der Waals surface area (Å²) >= 11 is 0. The van der Waals surface area contributed by atoms with E-state index < -0.39 is 0 Å². The van der Waals surface area contributed by atoms with Gasteiger partial charge in [-0.2, -0.15) is 0 Å². The lowest BCUT2D eigenvalue weighted by Gasteiger charge is -2.35. The fourth-order valence-electron chi connectivity index (χ4n) is 4.38. The Morgan fingerprint density at radius 3 is 2.83 bits per heavy atom. The van der Waals surface area contributed by atoms with E-state index in [1.807, 2.05) is 17.0 Å². The van der Waals surface area contributed by atoms with Crippen molar-refractivity contribution in [2.75, 3.05) is 52.6 Å². The van der Waals surface area contributed by atoms with Gasteiger partial charge in [-0.05, 0) is 37.9 Å². The molecule has 0 unspecified atom stereocenters. The first-order valence-electron chi connectivity index (χ1n) is 9.08. The minimum atomic E-state index is 0.0804. The van der Waals surface area contributed by atoms with Crippen LogP contribution in [-0.4, -0.2) is 79.3 Å². The highest BCUT2D eigenvalue weighted by Gasteiger charge is 2.44. The van der Waals surface area contributed by atoms with Crippen molar-refractivity contribution < 1.29 is 14.3 Å². The van der Waals surface area contributed by atoms with Crippen molar-refractivity contribution in [3.63, 3.8) is 0 Å². The van der Waals surface area contributed by atoms with Gasteiger partial charge in [-0.3, -0.25) is 9.69 Å². The Bertz CT molecular complexity index is 556. The summed E-state index contributed by atoms with van der Waals surface area (Å²) in [6.07, 6.45) is 5.17. The van der Waals surface area contributed by atoms with E-state index in [4.69, 9.17) is 9.47 Å². The zero-order chi connectivity index (χ0) is 16.4. The van der Waals surface area contributed by atoms with Crippen molar-refractivity contribution in [2.24, 2.45) is 5.41 Å². The molecular weight excluding hydrogens is 306 g/mol. The van der Waals surface area contributed by atoms with Crippen molar-refractivity contribution in [1.29, 1.82) is 0 Å². The maximum Gasteiger partial charge on any atom is 0.270 e. The number of ether oxygens (including phenoxy) is 2. The topological polar surface area (TPSA) is 57.8 Å². The van der Waals surface area contributed by atoms with Crippen LogP contribution in [0.2, 0.25) is 0 Å². The van der Waals surface area contributed by atoms with Gasteiger partial charge in [0.2, 0.25) is 0 Å². The average Bonchev–Trinajstić information content (AvgIpc) is 3.24. The van der Waals surface area contributed by atoms with Gasteiger partial charge in [-0.25, -0.2) is 0 Å². The highest BCUT2D eigenvalue weighted by molar-refractivity contribution is 5.92. The molecule has 3 aliphatic heterocycles. The SMILES string of the molecule is O=C(c1ccc[nH]1)N1CCOC[C@]2(CCN(C3CCOCC3)C2)C1. The summed E-state index contributed by atoms with van der Waals surface area (Å²) in [5, 5.41) is 0. The lowest BCUT2D eigenvalue weighted by molar-refractivity contribution is 0.0284. The second-order valence-electron chi connectivity index (χ2n) is 7.43. The summed E-state index contributed by atoms with van der Waals surface area (Å²) in [5.41, 5.74) is 0.753. The molecule has 3 fully saturated rings. The minimum absolute atomic E-state index is 0.0804. The number of carbonyl (C=O) groups is 1. The van der Waals surface area contributed by atoms with E-state index in [-0.39, 0.29) is 11.3 Å². The molecule has 1 aromatic heterocycles. The fraction of sp³-hybridized carbons (Fsp3) is 0.722. The summed E-state index contributed by atoms with van der Waals surface area (Å²) in [6.45, 7) is 6.77. The molecule has 132 valence electrons. The van der Waals surface area contributed by atoms with E-state index in [0.29, 0.717) is 24.9 Å². The summed E-state index contributed by atoms with van der Waals surface area (Å²) in [7, 11) is 0. The standard InChI is InChI=1S/C18H27N3O3/c22-17(16-2-1-6-19-16)21-8-11-24-14-18(13-21)5-7-20(12-18)15-3-9-23-10-4-15/h1-2,6,15,19H,3-5,7-14H2/t18-/m0/s1. The van der Waals surface area contributed by atoms with Gasteiger partial charge in [0.05, 0.1) is 13.2 Å². The van der Waals surface area contributed by atoms with Gasteiger partial charge >= 0.3 is 0 Å². The zero-order valence-electron chi connectivity index (χ0n) is 14.2. The molecular formula is C18H27N3O3. The number of aromatic nitrogens is 1. The van der Waals surface area contributed by atoms with Crippen LogP contribution in [-0.2, 0) is 9.47 Å². The normalized spacial score (nSPS) is 29.9. The number of nitrogens with zero attached hydrogens (tertiary/aromatic N) is 2. The Kier molecular flexibility index (Phi) is 4.61. The van der Waals surface area contributed by atoms with Crippen molar-refractivity contribution in [1.82, 2.24) is 14.8 Å². The number of hydrogen-bond acceptors (Lipinski definition) is 4. The second kappa shape index (κ2) is 6.86. The number of nitrogens with one attached hydrogen (secondary N) is 1. The molecule has 1 spiro atoms. The van der Waals surface area contributed by atoms with Gasteiger partial charge in [0.25, 0.3) is 5.91 Å². The molecule has 0 bridgehead atoms. The third kappa shape index (κ3) is 3.23. The smallest absolute Gasteiger partial charge is 0.270 e. The molecule has 24 heavy (non-hydrogen) atoms. The second-order valence-corrected chi connectivity index (χ2v) is 7.43. The first-order valence-corrected chi connectivity index (χ1v) is 9.08. The monoisotopic (exact) mass is 333 g/mol. The van der Waals surface area contributed by atoms with Crippen molar-refractivity contribution in [3.8, 4) is 0 Å². The number of H-pyrrole nitrogens is 1. The molecule has 0 aliphatic carbocycles. The molecule has 3 aliphatic rings. The van der Waals surface area contributed by atoms with E-state index in [9.17, 15) is 4.79 Å². The van der Waals surface area contributed by atoms with Crippen LogP contribution < -0.4 is 0 Å². The highest BCUT2D eigenvalue weighted by Crippen LogP contribution is 2.36.